The van der Waals surface area contributed by atoms with Gasteiger partial charge < -0.3 is 19.6 Å². The summed E-state index contributed by atoms with van der Waals surface area (Å²) in [5, 5.41) is 0. The van der Waals surface area contributed by atoms with Gasteiger partial charge in [-0.1, -0.05) is 51.1 Å². The number of piperidine rings is 1. The van der Waals surface area contributed by atoms with Gasteiger partial charge in [0, 0.05) is 19.0 Å². The average Bonchev–Trinajstić information content (AvgIpc) is 3.82. The minimum Gasteiger partial charge on any atom is -0.444 e. The van der Waals surface area contributed by atoms with Crippen LogP contribution < -0.4 is 0 Å². The lowest BCUT2D eigenvalue weighted by Gasteiger charge is -2.36. The number of carbonyl (C=O) groups excluding carboxylic acids is 2. The van der Waals surface area contributed by atoms with E-state index in [-0.39, 0.29) is 29.5 Å². The highest BCUT2D eigenvalue weighted by molar-refractivity contribution is 5.83. The van der Waals surface area contributed by atoms with Crippen molar-refractivity contribution in [1.29, 1.82) is 0 Å². The predicted molar refractivity (Wildman–Crippen MR) is 179 cm³/mol. The van der Waals surface area contributed by atoms with E-state index in [1.807, 2.05) is 33.0 Å². The minimum atomic E-state index is -0.536. The number of likely N-dealkylation sites (tertiary alicyclic amines) is 2. The molecule has 2 amide bonds. The number of fused-ring (bicyclic) bond motifs is 3. The molecule has 9 heteroatoms. The molecule has 2 N–H and O–H groups in total. The first-order valence-electron chi connectivity index (χ1n) is 16.8. The van der Waals surface area contributed by atoms with Gasteiger partial charge in [0.25, 0.3) is 0 Å². The molecule has 242 valence electrons. The summed E-state index contributed by atoms with van der Waals surface area (Å²) in [5.41, 5.74) is 5.47. The van der Waals surface area contributed by atoms with Crippen LogP contribution in [0.2, 0.25) is 0 Å². The summed E-state index contributed by atoms with van der Waals surface area (Å²) in [4.78, 5) is 46.9. The summed E-state index contributed by atoms with van der Waals surface area (Å²) in [6.45, 7) is 12.7. The van der Waals surface area contributed by atoms with Gasteiger partial charge in [0.05, 0.1) is 35.0 Å². The van der Waals surface area contributed by atoms with Gasteiger partial charge in [0.15, 0.2) is 0 Å². The standard InChI is InChI=1S/C37H46N6O3/c1-36(2,3)20-31(44)43-26-15-13-25(18-26)32(43)34-38-21-29(41-34)23-11-9-22(10-12-23)24-14-16-27-28(19-24)40-33(39-27)30-8-7-17-42(30)35(45)46-37(4,5)6/h9-12,14,16,19,21,25-26,30,32H,7-8,13,15,17-18,20H2,1-6H3,(H,38,41)(H,39,40)/t25-,26+,30-,32?/m0/s1. The summed E-state index contributed by atoms with van der Waals surface area (Å²) >= 11 is 0. The second-order valence-corrected chi connectivity index (χ2v) is 15.7. The van der Waals surface area contributed by atoms with Gasteiger partial charge in [0.2, 0.25) is 5.91 Å². The van der Waals surface area contributed by atoms with Crippen LogP contribution in [0.1, 0.15) is 104 Å². The largest absolute Gasteiger partial charge is 0.444 e. The highest BCUT2D eigenvalue weighted by atomic mass is 16.6. The molecule has 2 aromatic heterocycles. The van der Waals surface area contributed by atoms with Crippen LogP contribution in [0.25, 0.3) is 33.4 Å². The molecule has 1 aliphatic carbocycles. The molecule has 2 aliphatic heterocycles. The number of rotatable bonds is 5. The van der Waals surface area contributed by atoms with E-state index in [0.29, 0.717) is 24.9 Å². The smallest absolute Gasteiger partial charge is 0.410 e. The van der Waals surface area contributed by atoms with Crippen LogP contribution in [0.5, 0.6) is 0 Å². The fourth-order valence-electron chi connectivity index (χ4n) is 7.68. The van der Waals surface area contributed by atoms with Gasteiger partial charge in [-0.15, -0.1) is 0 Å². The number of hydrogen-bond acceptors (Lipinski definition) is 5. The van der Waals surface area contributed by atoms with Crippen molar-refractivity contribution in [3.05, 3.63) is 60.3 Å². The number of hydrogen-bond donors (Lipinski definition) is 2. The Labute approximate surface area is 271 Å². The Morgan fingerprint density at radius 2 is 1.65 bits per heavy atom. The Balaban J connectivity index is 1.08. The first-order valence-corrected chi connectivity index (χ1v) is 16.8. The number of aromatic amines is 2. The summed E-state index contributed by atoms with van der Waals surface area (Å²) < 4.78 is 5.66. The molecule has 1 saturated carbocycles. The molecule has 3 fully saturated rings. The van der Waals surface area contributed by atoms with Crippen molar-refractivity contribution in [2.75, 3.05) is 6.54 Å². The number of benzene rings is 2. The topological polar surface area (TPSA) is 107 Å². The Morgan fingerprint density at radius 1 is 0.913 bits per heavy atom. The molecule has 7 rings (SSSR count). The van der Waals surface area contributed by atoms with Crippen LogP contribution in [0.4, 0.5) is 4.79 Å². The Morgan fingerprint density at radius 3 is 2.39 bits per heavy atom. The maximum Gasteiger partial charge on any atom is 0.410 e. The van der Waals surface area contributed by atoms with Gasteiger partial charge in [-0.05, 0) is 93.0 Å². The van der Waals surface area contributed by atoms with Crippen LogP contribution in [-0.2, 0) is 9.53 Å². The molecule has 46 heavy (non-hydrogen) atoms. The predicted octanol–water partition coefficient (Wildman–Crippen LogP) is 8.18. The van der Waals surface area contributed by atoms with E-state index in [1.165, 1.54) is 0 Å². The van der Waals surface area contributed by atoms with Crippen LogP contribution in [0.15, 0.2) is 48.7 Å². The third-order valence-corrected chi connectivity index (χ3v) is 9.66. The van der Waals surface area contributed by atoms with Crippen molar-refractivity contribution in [2.24, 2.45) is 11.3 Å². The SMILES string of the molecule is CC(C)(C)CC(=O)N1C(c2ncc(-c3ccc(-c4ccc5nc([C@@H]6CCCN6C(=O)OC(C)(C)C)[nH]c5c4)cc3)[nH]2)[C@H]2CC[C@@H]1C2. The molecule has 3 aliphatic rings. The van der Waals surface area contributed by atoms with Crippen LogP contribution >= 0.6 is 0 Å². The Bertz CT molecular complexity index is 1760. The molecule has 2 bridgehead atoms. The van der Waals surface area contributed by atoms with E-state index in [0.717, 1.165) is 77.2 Å². The molecule has 4 heterocycles. The third kappa shape index (κ3) is 5.92. The number of aromatic nitrogens is 4. The van der Waals surface area contributed by atoms with Gasteiger partial charge in [-0.2, -0.15) is 0 Å². The van der Waals surface area contributed by atoms with E-state index in [2.05, 4.69) is 72.0 Å². The highest BCUT2D eigenvalue weighted by Gasteiger charge is 2.50. The molecule has 4 aromatic rings. The van der Waals surface area contributed by atoms with Gasteiger partial charge in [0.1, 0.15) is 17.2 Å². The second kappa shape index (κ2) is 11.3. The summed E-state index contributed by atoms with van der Waals surface area (Å²) in [5.74, 6) is 2.43. The van der Waals surface area contributed by atoms with Gasteiger partial charge in [-0.3, -0.25) is 9.69 Å². The molecule has 9 nitrogen and oxygen atoms in total. The molecule has 1 unspecified atom stereocenters. The number of carbonyl (C=O) groups is 2. The zero-order valence-electron chi connectivity index (χ0n) is 27.9. The van der Waals surface area contributed by atoms with E-state index in [4.69, 9.17) is 14.7 Å². The van der Waals surface area contributed by atoms with Gasteiger partial charge in [-0.25, -0.2) is 14.8 Å². The van der Waals surface area contributed by atoms with Crippen LogP contribution in [0, 0.1) is 11.3 Å². The summed E-state index contributed by atoms with van der Waals surface area (Å²) in [6.07, 6.45) is 7.29. The number of nitrogens with one attached hydrogen (secondary N) is 2. The van der Waals surface area contributed by atoms with Crippen molar-refractivity contribution in [2.45, 2.75) is 104 Å². The van der Waals surface area contributed by atoms with E-state index in [1.54, 1.807) is 4.90 Å². The molecular weight excluding hydrogens is 576 g/mol. The van der Waals surface area contributed by atoms with Crippen molar-refractivity contribution < 1.29 is 14.3 Å². The molecule has 0 spiro atoms. The zero-order valence-corrected chi connectivity index (χ0v) is 27.9. The number of ether oxygens (including phenoxy) is 1. The fourth-order valence-corrected chi connectivity index (χ4v) is 7.68. The monoisotopic (exact) mass is 622 g/mol. The first-order chi connectivity index (χ1) is 21.8. The highest BCUT2D eigenvalue weighted by Crippen LogP contribution is 2.50. The van der Waals surface area contributed by atoms with Crippen molar-refractivity contribution in [1.82, 2.24) is 29.7 Å². The van der Waals surface area contributed by atoms with E-state index < -0.39 is 5.60 Å². The zero-order chi connectivity index (χ0) is 32.4. The van der Waals surface area contributed by atoms with Gasteiger partial charge >= 0.3 is 6.09 Å². The Hall–Kier alpha value is -4.14. The van der Waals surface area contributed by atoms with E-state index >= 15 is 0 Å². The summed E-state index contributed by atoms with van der Waals surface area (Å²) in [6, 6.07) is 15.0. The normalized spacial score (nSPS) is 23.1. The number of imidazole rings is 2. The number of amides is 2. The molecular formula is C37H46N6O3. The maximum absolute atomic E-state index is 13.4. The molecule has 0 radical (unpaired) electrons. The second-order valence-electron chi connectivity index (χ2n) is 15.7. The lowest BCUT2D eigenvalue weighted by atomic mass is 9.90. The van der Waals surface area contributed by atoms with Crippen LogP contribution in [-0.4, -0.2) is 59.9 Å². The van der Waals surface area contributed by atoms with Crippen molar-refractivity contribution >= 4 is 23.0 Å². The fraction of sp³-hybridized carbons (Fsp3) is 0.514. The first kappa shape index (κ1) is 30.5. The quantitative estimate of drug-likeness (QED) is 0.233. The van der Waals surface area contributed by atoms with Crippen LogP contribution in [0.3, 0.4) is 0 Å². The lowest BCUT2D eigenvalue weighted by Crippen LogP contribution is -2.41. The van der Waals surface area contributed by atoms with E-state index in [9.17, 15) is 9.59 Å². The summed E-state index contributed by atoms with van der Waals surface area (Å²) in [7, 11) is 0. The lowest BCUT2D eigenvalue weighted by molar-refractivity contribution is -0.137. The number of nitrogens with zero attached hydrogens (tertiary/aromatic N) is 4. The molecule has 2 aromatic carbocycles. The average molecular weight is 623 g/mol. The van der Waals surface area contributed by atoms with Crippen molar-refractivity contribution in [3.63, 3.8) is 0 Å². The Kier molecular flexibility index (Phi) is 7.48. The maximum atomic E-state index is 13.4. The molecule has 4 atom stereocenters. The minimum absolute atomic E-state index is 0.0353. The third-order valence-electron chi connectivity index (χ3n) is 9.66. The number of H-pyrrole nitrogens is 2. The van der Waals surface area contributed by atoms with Crippen molar-refractivity contribution in [3.8, 4) is 22.4 Å². The molecule has 2 saturated heterocycles.